The van der Waals surface area contributed by atoms with Gasteiger partial charge in [-0.05, 0) is 0 Å². The Hall–Kier alpha value is -1.55. The van der Waals surface area contributed by atoms with Crippen LogP contribution in [0.25, 0.3) is 0 Å². The van der Waals surface area contributed by atoms with Crippen LogP contribution < -0.4 is 10.8 Å². The maximum absolute atomic E-state index is 2.27. The molecule has 0 saturated heterocycles. The summed E-state index contributed by atoms with van der Waals surface area (Å²) in [6.07, 6.45) is 0. The number of hydrogen-bond acceptors (Lipinski definition) is 0. The summed E-state index contributed by atoms with van der Waals surface area (Å²) in [6, 6.07) is 32.8. The molecule has 3 rings (SSSR count). The van der Waals surface area contributed by atoms with Gasteiger partial charge in [0.2, 0.25) is 0 Å². The van der Waals surface area contributed by atoms with Crippen molar-refractivity contribution in [1.82, 2.24) is 0 Å². The molecule has 0 amide bonds. The normalized spacial score (nSPS) is 10.6. The van der Waals surface area contributed by atoms with Crippen molar-refractivity contribution >= 4 is 30.4 Å². The van der Waals surface area contributed by atoms with Crippen LogP contribution in [0.15, 0.2) is 91.0 Å². The van der Waals surface area contributed by atoms with E-state index in [0.717, 1.165) is 0 Å². The van der Waals surface area contributed by atoms with E-state index in [4.69, 9.17) is 0 Å². The third kappa shape index (κ3) is 2.89. The van der Waals surface area contributed by atoms with Gasteiger partial charge in [-0.3, -0.25) is 0 Å². The van der Waals surface area contributed by atoms with E-state index < -0.39 is 19.6 Å². The Bertz CT molecular complexity index is 524. The van der Waals surface area contributed by atoms with E-state index in [1.807, 2.05) is 0 Å². The fourth-order valence-electron chi connectivity index (χ4n) is 2.08. The van der Waals surface area contributed by atoms with Crippen molar-refractivity contribution < 1.29 is 0 Å². The van der Waals surface area contributed by atoms with Gasteiger partial charge in [-0.2, -0.15) is 0 Å². The average molecular weight is 359 g/mol. The average Bonchev–Trinajstić information content (AvgIpc) is 2.51. The summed E-state index contributed by atoms with van der Waals surface area (Å²) in [7, 11) is 0. The zero-order valence-electron chi connectivity index (χ0n) is 10.6. The molecular weight excluding hydrogens is 344 g/mol. The van der Waals surface area contributed by atoms with Crippen LogP contribution in [0.1, 0.15) is 0 Å². The molecular formula is C18H15Te+. The van der Waals surface area contributed by atoms with Crippen molar-refractivity contribution in [2.75, 3.05) is 0 Å². The summed E-state index contributed by atoms with van der Waals surface area (Å²) in [4.78, 5) is 0. The second-order valence-corrected chi connectivity index (χ2v) is 10.0. The van der Waals surface area contributed by atoms with Crippen molar-refractivity contribution in [3.8, 4) is 0 Å². The van der Waals surface area contributed by atoms with E-state index >= 15 is 0 Å². The van der Waals surface area contributed by atoms with E-state index in [1.54, 1.807) is 0 Å². The second kappa shape index (κ2) is 6.06. The fraction of sp³-hybridized carbons (Fsp3) is 0. The Morgan fingerprint density at radius 2 is 0.632 bits per heavy atom. The molecule has 0 radical (unpaired) electrons. The Balaban J connectivity index is 2.12. The molecule has 0 N–H and O–H groups in total. The molecule has 0 aliphatic carbocycles. The van der Waals surface area contributed by atoms with Crippen molar-refractivity contribution in [1.29, 1.82) is 0 Å². The first-order valence-electron chi connectivity index (χ1n) is 6.34. The van der Waals surface area contributed by atoms with Gasteiger partial charge in [0.25, 0.3) is 0 Å². The first-order valence-corrected chi connectivity index (χ1v) is 9.84. The van der Waals surface area contributed by atoms with Crippen LogP contribution in [-0.4, -0.2) is 19.6 Å². The van der Waals surface area contributed by atoms with Gasteiger partial charge in [-0.25, -0.2) is 0 Å². The van der Waals surface area contributed by atoms with E-state index in [2.05, 4.69) is 91.0 Å². The number of rotatable bonds is 3. The zero-order valence-corrected chi connectivity index (χ0v) is 12.9. The summed E-state index contributed by atoms with van der Waals surface area (Å²) < 4.78 is 4.51. The minimum atomic E-state index is -1.67. The predicted octanol–water partition coefficient (Wildman–Crippen LogP) is 2.20. The third-order valence-corrected chi connectivity index (χ3v) is 9.30. The van der Waals surface area contributed by atoms with Crippen LogP contribution in [0.2, 0.25) is 0 Å². The molecule has 0 atom stereocenters. The summed E-state index contributed by atoms with van der Waals surface area (Å²) in [5, 5.41) is 0. The first kappa shape index (κ1) is 12.5. The minimum absolute atomic E-state index is 1.50. The molecule has 0 heterocycles. The van der Waals surface area contributed by atoms with Crippen LogP contribution in [0, 0.1) is 0 Å². The third-order valence-electron chi connectivity index (χ3n) is 2.94. The quantitative estimate of drug-likeness (QED) is 0.630. The molecule has 19 heavy (non-hydrogen) atoms. The van der Waals surface area contributed by atoms with Crippen molar-refractivity contribution in [2.24, 2.45) is 0 Å². The number of benzene rings is 3. The molecule has 0 unspecified atom stereocenters. The van der Waals surface area contributed by atoms with Gasteiger partial charge < -0.3 is 0 Å². The molecule has 92 valence electrons. The van der Waals surface area contributed by atoms with Crippen molar-refractivity contribution in [3.63, 3.8) is 0 Å². The molecule has 0 aliphatic rings. The summed E-state index contributed by atoms with van der Waals surface area (Å²) in [6.45, 7) is 0. The van der Waals surface area contributed by atoms with Crippen molar-refractivity contribution in [2.45, 2.75) is 0 Å². The van der Waals surface area contributed by atoms with Crippen LogP contribution in [0.5, 0.6) is 0 Å². The molecule has 1 heteroatoms. The molecule has 0 aliphatic heterocycles. The summed E-state index contributed by atoms with van der Waals surface area (Å²) >= 11 is -1.67. The van der Waals surface area contributed by atoms with Gasteiger partial charge in [0.05, 0.1) is 0 Å². The molecule has 0 saturated carbocycles. The monoisotopic (exact) mass is 361 g/mol. The predicted molar refractivity (Wildman–Crippen MR) is 84.0 cm³/mol. The van der Waals surface area contributed by atoms with E-state index in [-0.39, 0.29) is 0 Å². The Labute approximate surface area is 121 Å². The summed E-state index contributed by atoms with van der Waals surface area (Å²) in [5.74, 6) is 0. The van der Waals surface area contributed by atoms with E-state index in [1.165, 1.54) is 10.8 Å². The Morgan fingerprint density at radius 1 is 0.368 bits per heavy atom. The Kier molecular flexibility index (Phi) is 3.98. The number of hydrogen-bond donors (Lipinski definition) is 0. The van der Waals surface area contributed by atoms with Gasteiger partial charge in [0, 0.05) is 0 Å². The molecule has 0 aromatic heterocycles. The summed E-state index contributed by atoms with van der Waals surface area (Å²) in [5.41, 5.74) is 0. The topological polar surface area (TPSA) is 0 Å². The fourth-order valence-corrected chi connectivity index (χ4v) is 8.08. The van der Waals surface area contributed by atoms with Gasteiger partial charge in [0.15, 0.2) is 0 Å². The van der Waals surface area contributed by atoms with Crippen LogP contribution in [0.4, 0.5) is 0 Å². The van der Waals surface area contributed by atoms with Crippen molar-refractivity contribution in [3.05, 3.63) is 91.0 Å². The Morgan fingerprint density at radius 3 is 0.895 bits per heavy atom. The van der Waals surface area contributed by atoms with Gasteiger partial charge in [-0.1, -0.05) is 0 Å². The van der Waals surface area contributed by atoms with Gasteiger partial charge in [-0.15, -0.1) is 0 Å². The molecule has 0 fully saturated rings. The zero-order chi connectivity index (χ0) is 12.9. The maximum atomic E-state index is 2.27. The van der Waals surface area contributed by atoms with Crippen LogP contribution in [0.3, 0.4) is 0 Å². The van der Waals surface area contributed by atoms with Gasteiger partial charge >= 0.3 is 121 Å². The molecule has 0 spiro atoms. The molecule has 0 nitrogen and oxygen atoms in total. The molecule has 3 aromatic carbocycles. The van der Waals surface area contributed by atoms with E-state index in [9.17, 15) is 0 Å². The van der Waals surface area contributed by atoms with Gasteiger partial charge in [0.1, 0.15) is 0 Å². The molecule has 3 aromatic rings. The second-order valence-electron chi connectivity index (χ2n) is 4.25. The molecule has 0 bridgehead atoms. The van der Waals surface area contributed by atoms with E-state index in [0.29, 0.717) is 0 Å². The standard InChI is InChI=1S/C18H15Te/c1-4-10-16(11-5-1)19(17-12-6-2-7-13-17)18-14-8-3-9-15-18/h1-15H/q+1. The first-order chi connectivity index (χ1) is 9.45. The van der Waals surface area contributed by atoms with Crippen LogP contribution in [-0.2, 0) is 0 Å². The SMILES string of the molecule is c1ccc([Te+](c2ccccc2)c2ccccc2)cc1. The van der Waals surface area contributed by atoms with Crippen LogP contribution >= 0.6 is 0 Å².